The Hall–Kier alpha value is -2.34. The van der Waals surface area contributed by atoms with Crippen LogP contribution >= 0.6 is 0 Å². The van der Waals surface area contributed by atoms with Crippen LogP contribution in [-0.4, -0.2) is 0 Å². The lowest BCUT2D eigenvalue weighted by atomic mass is 9.95. The summed E-state index contributed by atoms with van der Waals surface area (Å²) < 4.78 is 0. The van der Waals surface area contributed by atoms with Crippen LogP contribution in [0, 0.1) is 33.8 Å². The standard InChI is InChI=1S/C22H21/c1-15-8-16(2)11-21(10-15)19-6-5-7-20(14-19)22-12-17(3)9-18(4)13-22/h6-14H,1-4H3. The van der Waals surface area contributed by atoms with Gasteiger partial charge >= 0.3 is 0 Å². The van der Waals surface area contributed by atoms with E-state index in [-0.39, 0.29) is 0 Å². The SMILES string of the molecule is Cc1cc(C)cc(-c2c[c]cc(-c3cc(C)cc(C)c3)c2)c1. The minimum Gasteiger partial charge on any atom is -0.0563 e. The van der Waals surface area contributed by atoms with Crippen LogP contribution in [0.25, 0.3) is 22.3 Å². The highest BCUT2D eigenvalue weighted by molar-refractivity contribution is 5.74. The van der Waals surface area contributed by atoms with Gasteiger partial charge in [0.05, 0.1) is 0 Å². The lowest BCUT2D eigenvalue weighted by Gasteiger charge is -2.09. The molecule has 0 bridgehead atoms. The van der Waals surface area contributed by atoms with E-state index >= 15 is 0 Å². The zero-order valence-corrected chi connectivity index (χ0v) is 13.7. The Bertz CT molecular complexity index is 718. The van der Waals surface area contributed by atoms with Crippen molar-refractivity contribution < 1.29 is 0 Å². The first kappa shape index (κ1) is 14.6. The number of aryl methyl sites for hydroxylation is 4. The molecule has 0 aliphatic heterocycles. The van der Waals surface area contributed by atoms with E-state index in [0.717, 1.165) is 0 Å². The highest BCUT2D eigenvalue weighted by Gasteiger charge is 2.04. The van der Waals surface area contributed by atoms with Gasteiger partial charge in [-0.2, -0.15) is 0 Å². The van der Waals surface area contributed by atoms with Crippen molar-refractivity contribution in [2.45, 2.75) is 27.7 Å². The first-order valence-corrected chi connectivity index (χ1v) is 7.70. The predicted molar refractivity (Wildman–Crippen MR) is 95.1 cm³/mol. The summed E-state index contributed by atoms with van der Waals surface area (Å²) in [5.41, 5.74) is 10.2. The maximum Gasteiger partial charge on any atom is -0.0171 e. The van der Waals surface area contributed by atoms with Crippen LogP contribution in [0.4, 0.5) is 0 Å². The van der Waals surface area contributed by atoms with Crippen molar-refractivity contribution in [3.8, 4) is 22.3 Å². The maximum atomic E-state index is 3.30. The van der Waals surface area contributed by atoms with Crippen LogP contribution in [0.15, 0.2) is 54.6 Å². The molecule has 3 aromatic carbocycles. The van der Waals surface area contributed by atoms with E-state index in [1.54, 1.807) is 0 Å². The molecule has 0 saturated carbocycles. The average Bonchev–Trinajstić information content (AvgIpc) is 2.45. The van der Waals surface area contributed by atoms with E-state index in [9.17, 15) is 0 Å². The zero-order chi connectivity index (χ0) is 15.7. The van der Waals surface area contributed by atoms with Gasteiger partial charge < -0.3 is 0 Å². The molecule has 0 unspecified atom stereocenters. The zero-order valence-electron chi connectivity index (χ0n) is 13.7. The molecule has 0 heterocycles. The fourth-order valence-corrected chi connectivity index (χ4v) is 3.09. The van der Waals surface area contributed by atoms with Crippen molar-refractivity contribution in [3.05, 3.63) is 82.9 Å². The summed E-state index contributed by atoms with van der Waals surface area (Å²) in [4.78, 5) is 0. The van der Waals surface area contributed by atoms with Crippen LogP contribution in [0.2, 0.25) is 0 Å². The van der Waals surface area contributed by atoms with Gasteiger partial charge in [-0.05, 0) is 74.2 Å². The molecule has 22 heavy (non-hydrogen) atoms. The Kier molecular flexibility index (Phi) is 3.85. The summed E-state index contributed by atoms with van der Waals surface area (Å²) >= 11 is 0. The molecular weight excluding hydrogens is 264 g/mol. The van der Waals surface area contributed by atoms with E-state index in [1.807, 2.05) is 0 Å². The molecular formula is C22H21. The third kappa shape index (κ3) is 3.12. The molecule has 109 valence electrons. The van der Waals surface area contributed by atoms with Gasteiger partial charge in [0, 0.05) is 0 Å². The largest absolute Gasteiger partial charge is 0.0563 e. The monoisotopic (exact) mass is 285 g/mol. The Balaban J connectivity index is 2.09. The van der Waals surface area contributed by atoms with Gasteiger partial charge in [-0.15, -0.1) is 0 Å². The third-order valence-corrected chi connectivity index (χ3v) is 3.90. The van der Waals surface area contributed by atoms with Crippen molar-refractivity contribution in [2.75, 3.05) is 0 Å². The molecule has 0 saturated heterocycles. The maximum absolute atomic E-state index is 3.30. The summed E-state index contributed by atoms with van der Waals surface area (Å²) in [6.45, 7) is 8.59. The highest BCUT2D eigenvalue weighted by atomic mass is 14.1. The second-order valence-corrected chi connectivity index (χ2v) is 6.26. The summed E-state index contributed by atoms with van der Waals surface area (Å²) in [6, 6.07) is 23.1. The minimum atomic E-state index is 1.23. The fourth-order valence-electron chi connectivity index (χ4n) is 3.09. The first-order chi connectivity index (χ1) is 10.5. The van der Waals surface area contributed by atoms with Crippen LogP contribution < -0.4 is 0 Å². The molecule has 0 aromatic heterocycles. The molecule has 0 fully saturated rings. The number of rotatable bonds is 2. The topological polar surface area (TPSA) is 0 Å². The van der Waals surface area contributed by atoms with Crippen molar-refractivity contribution >= 4 is 0 Å². The van der Waals surface area contributed by atoms with E-state index in [1.165, 1.54) is 44.5 Å². The lowest BCUT2D eigenvalue weighted by molar-refractivity contribution is 1.38. The van der Waals surface area contributed by atoms with Crippen LogP contribution in [-0.2, 0) is 0 Å². The fraction of sp³-hybridized carbons (Fsp3) is 0.182. The molecule has 0 amide bonds. The van der Waals surface area contributed by atoms with Gasteiger partial charge in [-0.1, -0.05) is 58.7 Å². The molecule has 0 aliphatic carbocycles. The Morgan fingerprint density at radius 1 is 0.455 bits per heavy atom. The van der Waals surface area contributed by atoms with E-state index in [4.69, 9.17) is 0 Å². The Morgan fingerprint density at radius 2 is 0.818 bits per heavy atom. The highest BCUT2D eigenvalue weighted by Crippen LogP contribution is 2.28. The van der Waals surface area contributed by atoms with Crippen molar-refractivity contribution in [2.24, 2.45) is 0 Å². The summed E-state index contributed by atoms with van der Waals surface area (Å²) in [7, 11) is 0. The van der Waals surface area contributed by atoms with Gasteiger partial charge in [0.25, 0.3) is 0 Å². The van der Waals surface area contributed by atoms with Gasteiger partial charge in [0.1, 0.15) is 0 Å². The molecule has 3 rings (SSSR count). The Labute approximate surface area is 133 Å². The van der Waals surface area contributed by atoms with Crippen molar-refractivity contribution in [1.82, 2.24) is 0 Å². The van der Waals surface area contributed by atoms with Crippen LogP contribution in [0.5, 0.6) is 0 Å². The van der Waals surface area contributed by atoms with Crippen LogP contribution in [0.3, 0.4) is 0 Å². The molecule has 0 heteroatoms. The quantitative estimate of drug-likeness (QED) is 0.537. The lowest BCUT2D eigenvalue weighted by Crippen LogP contribution is -1.86. The summed E-state index contributed by atoms with van der Waals surface area (Å²) in [6.07, 6.45) is 0. The summed E-state index contributed by atoms with van der Waals surface area (Å²) in [5, 5.41) is 0. The molecule has 3 aromatic rings. The molecule has 0 atom stereocenters. The van der Waals surface area contributed by atoms with Gasteiger partial charge in [0.2, 0.25) is 0 Å². The third-order valence-electron chi connectivity index (χ3n) is 3.90. The molecule has 0 aliphatic rings. The van der Waals surface area contributed by atoms with E-state index in [0.29, 0.717) is 0 Å². The average molecular weight is 285 g/mol. The molecule has 0 spiro atoms. The Morgan fingerprint density at radius 3 is 1.18 bits per heavy atom. The summed E-state index contributed by atoms with van der Waals surface area (Å²) in [5.74, 6) is 0. The molecule has 0 nitrogen and oxygen atoms in total. The number of benzene rings is 3. The number of hydrogen-bond donors (Lipinski definition) is 0. The predicted octanol–water partition coefficient (Wildman–Crippen LogP) is 6.05. The van der Waals surface area contributed by atoms with Crippen LogP contribution in [0.1, 0.15) is 22.3 Å². The van der Waals surface area contributed by atoms with Crippen molar-refractivity contribution in [1.29, 1.82) is 0 Å². The second kappa shape index (κ2) is 5.81. The van der Waals surface area contributed by atoms with E-state index < -0.39 is 0 Å². The van der Waals surface area contributed by atoms with Crippen molar-refractivity contribution in [3.63, 3.8) is 0 Å². The minimum absolute atomic E-state index is 1.23. The van der Waals surface area contributed by atoms with Gasteiger partial charge in [-0.25, -0.2) is 0 Å². The molecule has 0 N–H and O–H groups in total. The normalized spacial score (nSPS) is 10.7. The van der Waals surface area contributed by atoms with Gasteiger partial charge in [0.15, 0.2) is 0 Å². The van der Waals surface area contributed by atoms with E-state index in [2.05, 4.69) is 88.4 Å². The first-order valence-electron chi connectivity index (χ1n) is 7.70. The van der Waals surface area contributed by atoms with Gasteiger partial charge in [-0.3, -0.25) is 0 Å². The smallest absolute Gasteiger partial charge is 0.0171 e. The molecule has 1 radical (unpaired) electrons. The number of hydrogen-bond acceptors (Lipinski definition) is 0. The second-order valence-electron chi connectivity index (χ2n) is 6.26.